The number of nitriles is 1. The molecule has 2 rings (SSSR count). The van der Waals surface area contributed by atoms with Gasteiger partial charge in [0.15, 0.2) is 11.5 Å². The zero-order valence-electron chi connectivity index (χ0n) is 20.7. The summed E-state index contributed by atoms with van der Waals surface area (Å²) >= 11 is 0. The molecule has 3 N–H and O–H groups in total. The summed E-state index contributed by atoms with van der Waals surface area (Å²) in [7, 11) is 1.86. The highest BCUT2D eigenvalue weighted by molar-refractivity contribution is 5.95. The van der Waals surface area contributed by atoms with E-state index >= 15 is 0 Å². The molecule has 1 aromatic carbocycles. The molecule has 11 nitrogen and oxygen atoms in total. The van der Waals surface area contributed by atoms with Crippen molar-refractivity contribution in [3.05, 3.63) is 47.4 Å². The molecule has 1 atom stereocenters. The normalized spacial score (nSPS) is 10.6. The minimum absolute atomic E-state index is 0.0971. The molecule has 1 aromatic heterocycles. The van der Waals surface area contributed by atoms with Crippen molar-refractivity contribution in [2.75, 3.05) is 30.9 Å². The number of benzene rings is 1. The first-order chi connectivity index (χ1) is 16.6. The number of aromatic nitrogens is 2. The molecule has 11 heteroatoms. The lowest BCUT2D eigenvalue weighted by Crippen LogP contribution is -2.34. The second-order valence-corrected chi connectivity index (χ2v) is 7.42. The summed E-state index contributed by atoms with van der Waals surface area (Å²) in [5.74, 6) is -0.717. The molecule has 0 fully saturated rings. The first kappa shape index (κ1) is 28.8. The van der Waals surface area contributed by atoms with Crippen LogP contribution in [-0.2, 0) is 25.6 Å². The van der Waals surface area contributed by atoms with Crippen LogP contribution < -0.4 is 16.0 Å². The van der Waals surface area contributed by atoms with Crippen molar-refractivity contribution in [2.45, 2.75) is 46.7 Å². The van der Waals surface area contributed by atoms with E-state index in [1.54, 1.807) is 45.0 Å². The van der Waals surface area contributed by atoms with Gasteiger partial charge in [-0.2, -0.15) is 5.26 Å². The standard InChI is InChI=1S/C20H24N6O3.C4H8O2/c1-4-29-18(27)9-13(2)24-20(28)14-5-7-16(8-6-14)26(3)12-15-11-23-19(22)17(10-21)25-15;1-3-6-4(2)5/h5-8,11,13H,4,9,12H2,1-3H3,(H2,22,23)(H,24,28);3H2,1-2H3. The minimum Gasteiger partial charge on any atom is -0.466 e. The molecule has 2 aromatic rings. The number of carbonyl (C=O) groups excluding carboxylic acids is 3. The van der Waals surface area contributed by atoms with Gasteiger partial charge in [-0.05, 0) is 45.0 Å². The Morgan fingerprint density at radius 3 is 2.31 bits per heavy atom. The molecule has 35 heavy (non-hydrogen) atoms. The van der Waals surface area contributed by atoms with Crippen molar-refractivity contribution in [2.24, 2.45) is 0 Å². The number of carbonyl (C=O) groups is 3. The van der Waals surface area contributed by atoms with Crippen LogP contribution in [0.5, 0.6) is 0 Å². The van der Waals surface area contributed by atoms with Crippen LogP contribution in [0.2, 0.25) is 0 Å². The molecule has 0 bridgehead atoms. The van der Waals surface area contributed by atoms with E-state index in [1.807, 2.05) is 18.0 Å². The van der Waals surface area contributed by atoms with Gasteiger partial charge in [-0.15, -0.1) is 0 Å². The number of ether oxygens (including phenoxy) is 2. The zero-order valence-corrected chi connectivity index (χ0v) is 20.7. The lowest BCUT2D eigenvalue weighted by molar-refractivity contribution is -0.143. The zero-order chi connectivity index (χ0) is 26.4. The van der Waals surface area contributed by atoms with E-state index in [1.165, 1.54) is 13.1 Å². The van der Waals surface area contributed by atoms with Gasteiger partial charge in [0.2, 0.25) is 0 Å². The Kier molecular flexibility index (Phi) is 12.2. The monoisotopic (exact) mass is 484 g/mol. The van der Waals surface area contributed by atoms with Crippen molar-refractivity contribution >= 4 is 29.4 Å². The maximum Gasteiger partial charge on any atom is 0.307 e. The minimum atomic E-state index is -0.345. The summed E-state index contributed by atoms with van der Waals surface area (Å²) in [5, 5.41) is 11.8. The van der Waals surface area contributed by atoms with Crippen LogP contribution >= 0.6 is 0 Å². The van der Waals surface area contributed by atoms with E-state index in [4.69, 9.17) is 15.7 Å². The van der Waals surface area contributed by atoms with Crippen molar-refractivity contribution in [1.82, 2.24) is 15.3 Å². The summed E-state index contributed by atoms with van der Waals surface area (Å²) in [6.45, 7) is 7.88. The Labute approximate surface area is 205 Å². The van der Waals surface area contributed by atoms with Crippen LogP contribution in [0.3, 0.4) is 0 Å². The molecular weight excluding hydrogens is 452 g/mol. The third kappa shape index (κ3) is 10.5. The predicted molar refractivity (Wildman–Crippen MR) is 130 cm³/mol. The average molecular weight is 485 g/mol. The summed E-state index contributed by atoms with van der Waals surface area (Å²) in [5.41, 5.74) is 7.63. The largest absolute Gasteiger partial charge is 0.466 e. The molecule has 1 amide bonds. The van der Waals surface area contributed by atoms with Gasteiger partial charge < -0.3 is 25.4 Å². The second kappa shape index (κ2) is 14.8. The molecular formula is C24H32N6O5. The number of nitrogens with one attached hydrogen (secondary N) is 1. The van der Waals surface area contributed by atoms with E-state index in [9.17, 15) is 14.4 Å². The van der Waals surface area contributed by atoms with Crippen LogP contribution in [0, 0.1) is 11.3 Å². The van der Waals surface area contributed by atoms with Gasteiger partial charge in [-0.3, -0.25) is 14.4 Å². The van der Waals surface area contributed by atoms with Gasteiger partial charge >= 0.3 is 11.9 Å². The molecule has 0 aliphatic heterocycles. The molecule has 0 radical (unpaired) electrons. The maximum absolute atomic E-state index is 12.3. The Morgan fingerprint density at radius 1 is 1.17 bits per heavy atom. The maximum atomic E-state index is 12.3. The second-order valence-electron chi connectivity index (χ2n) is 7.42. The summed E-state index contributed by atoms with van der Waals surface area (Å²) in [6, 6.07) is 8.60. The highest BCUT2D eigenvalue weighted by Gasteiger charge is 2.14. The van der Waals surface area contributed by atoms with E-state index in [0.717, 1.165) is 5.69 Å². The van der Waals surface area contributed by atoms with Gasteiger partial charge in [0.05, 0.1) is 38.1 Å². The van der Waals surface area contributed by atoms with Gasteiger partial charge in [-0.1, -0.05) is 0 Å². The van der Waals surface area contributed by atoms with E-state index in [-0.39, 0.29) is 41.8 Å². The third-order valence-corrected chi connectivity index (χ3v) is 4.43. The number of esters is 2. The fourth-order valence-electron chi connectivity index (χ4n) is 2.83. The molecule has 188 valence electrons. The molecule has 0 saturated carbocycles. The number of rotatable bonds is 9. The van der Waals surface area contributed by atoms with E-state index in [2.05, 4.69) is 20.0 Å². The highest BCUT2D eigenvalue weighted by Crippen LogP contribution is 2.17. The lowest BCUT2D eigenvalue weighted by atomic mass is 10.1. The van der Waals surface area contributed by atoms with Crippen molar-refractivity contribution in [3.8, 4) is 6.07 Å². The fraction of sp³-hybridized carbons (Fsp3) is 0.417. The van der Waals surface area contributed by atoms with Crippen LogP contribution in [-0.4, -0.2) is 54.1 Å². The number of hydrogen-bond acceptors (Lipinski definition) is 10. The molecule has 1 heterocycles. The van der Waals surface area contributed by atoms with Crippen molar-refractivity contribution < 1.29 is 23.9 Å². The number of hydrogen-bond donors (Lipinski definition) is 2. The van der Waals surface area contributed by atoms with Gasteiger partial charge in [-0.25, -0.2) is 9.97 Å². The topological polar surface area (TPSA) is 161 Å². The smallest absolute Gasteiger partial charge is 0.307 e. The lowest BCUT2D eigenvalue weighted by Gasteiger charge is -2.19. The number of anilines is 2. The summed E-state index contributed by atoms with van der Waals surface area (Å²) < 4.78 is 9.28. The third-order valence-electron chi connectivity index (χ3n) is 4.43. The van der Waals surface area contributed by atoms with Crippen molar-refractivity contribution in [1.29, 1.82) is 5.26 Å². The average Bonchev–Trinajstić information content (AvgIpc) is 2.80. The fourth-order valence-corrected chi connectivity index (χ4v) is 2.83. The predicted octanol–water partition coefficient (Wildman–Crippen LogP) is 2.21. The Balaban J connectivity index is 0.000000905. The van der Waals surface area contributed by atoms with Crippen LogP contribution in [0.25, 0.3) is 0 Å². The number of nitrogens with zero attached hydrogens (tertiary/aromatic N) is 4. The summed E-state index contributed by atoms with van der Waals surface area (Å²) in [4.78, 5) is 43.7. The van der Waals surface area contributed by atoms with Crippen LogP contribution in [0.4, 0.5) is 11.5 Å². The first-order valence-electron chi connectivity index (χ1n) is 11.0. The van der Waals surface area contributed by atoms with E-state index in [0.29, 0.717) is 31.0 Å². The Hall–Kier alpha value is -4.20. The van der Waals surface area contributed by atoms with Gasteiger partial charge in [0, 0.05) is 31.3 Å². The molecule has 0 saturated heterocycles. The quantitative estimate of drug-likeness (QED) is 0.505. The first-order valence-corrected chi connectivity index (χ1v) is 11.0. The number of nitrogens with two attached hydrogens (primary N) is 1. The molecule has 0 aliphatic rings. The highest BCUT2D eigenvalue weighted by atomic mass is 16.5. The number of amides is 1. The van der Waals surface area contributed by atoms with Crippen LogP contribution in [0.15, 0.2) is 30.5 Å². The van der Waals surface area contributed by atoms with Gasteiger partial charge in [0.1, 0.15) is 6.07 Å². The summed E-state index contributed by atoms with van der Waals surface area (Å²) in [6.07, 6.45) is 1.65. The molecule has 0 spiro atoms. The Morgan fingerprint density at radius 2 is 1.80 bits per heavy atom. The molecule has 1 unspecified atom stereocenters. The van der Waals surface area contributed by atoms with E-state index < -0.39 is 0 Å². The van der Waals surface area contributed by atoms with Crippen molar-refractivity contribution in [3.63, 3.8) is 0 Å². The van der Waals surface area contributed by atoms with Crippen LogP contribution in [0.1, 0.15) is 55.9 Å². The van der Waals surface area contributed by atoms with Gasteiger partial charge in [0.25, 0.3) is 5.91 Å². The molecule has 0 aliphatic carbocycles. The Bertz CT molecular complexity index is 1040. The SMILES string of the molecule is CCOC(=O)CC(C)NC(=O)c1ccc(N(C)Cc2cnc(N)c(C#N)n2)cc1.CCOC(C)=O. The number of nitrogen functional groups attached to an aromatic ring is 1.